The van der Waals surface area contributed by atoms with Gasteiger partial charge in [-0.05, 0) is 48.1 Å². The van der Waals surface area contributed by atoms with E-state index in [0.29, 0.717) is 28.0 Å². The van der Waals surface area contributed by atoms with Crippen LogP contribution in [0.4, 0.5) is 11.4 Å². The molecule has 0 radical (unpaired) electrons. The van der Waals surface area contributed by atoms with Gasteiger partial charge in [0.25, 0.3) is 11.6 Å². The number of hydrogen-bond donors (Lipinski definition) is 1. The molecule has 1 N–H and O–H groups in total. The first-order valence-electron chi connectivity index (χ1n) is 9.07. The SMILES string of the molecule is C=C(c1ccc(N2CCCCC2)c([N+](=O)[O-])c1)c1ccccc1C(=O)NC. The maximum Gasteiger partial charge on any atom is 0.293 e. The predicted octanol–water partition coefficient (Wildman–Crippen LogP) is 4.01. The first kappa shape index (κ1) is 18.6. The highest BCUT2D eigenvalue weighted by atomic mass is 16.6. The minimum absolute atomic E-state index is 0.0768. The summed E-state index contributed by atoms with van der Waals surface area (Å²) in [6, 6.07) is 12.3. The summed E-state index contributed by atoms with van der Waals surface area (Å²) in [7, 11) is 1.57. The van der Waals surface area contributed by atoms with Crippen LogP contribution in [0.2, 0.25) is 0 Å². The van der Waals surface area contributed by atoms with Crippen molar-refractivity contribution in [3.05, 3.63) is 75.8 Å². The van der Waals surface area contributed by atoms with E-state index in [1.807, 2.05) is 12.1 Å². The molecular formula is C21H23N3O3. The lowest BCUT2D eigenvalue weighted by molar-refractivity contribution is -0.384. The second-order valence-electron chi connectivity index (χ2n) is 6.61. The molecule has 0 bridgehead atoms. The Bertz CT molecular complexity index is 886. The van der Waals surface area contributed by atoms with Crippen molar-refractivity contribution in [2.24, 2.45) is 0 Å². The number of piperidine rings is 1. The molecule has 0 aromatic heterocycles. The molecule has 0 saturated carbocycles. The van der Waals surface area contributed by atoms with E-state index in [1.54, 1.807) is 37.4 Å². The van der Waals surface area contributed by atoms with E-state index in [2.05, 4.69) is 16.8 Å². The Balaban J connectivity index is 2.00. The predicted molar refractivity (Wildman–Crippen MR) is 107 cm³/mol. The highest BCUT2D eigenvalue weighted by molar-refractivity contribution is 6.00. The maximum atomic E-state index is 12.1. The van der Waals surface area contributed by atoms with E-state index in [0.717, 1.165) is 32.4 Å². The van der Waals surface area contributed by atoms with E-state index in [-0.39, 0.29) is 16.5 Å². The van der Waals surface area contributed by atoms with Gasteiger partial charge in [0.1, 0.15) is 5.69 Å². The molecule has 1 aliphatic rings. The molecule has 1 heterocycles. The van der Waals surface area contributed by atoms with Crippen LogP contribution in [0.1, 0.15) is 40.7 Å². The summed E-state index contributed by atoms with van der Waals surface area (Å²) in [5.41, 5.74) is 3.11. The molecule has 1 aliphatic heterocycles. The number of carbonyl (C=O) groups excluding carboxylic acids is 1. The molecular weight excluding hydrogens is 342 g/mol. The van der Waals surface area contributed by atoms with Gasteiger partial charge in [-0.15, -0.1) is 0 Å². The number of carbonyl (C=O) groups is 1. The minimum Gasteiger partial charge on any atom is -0.366 e. The lowest BCUT2D eigenvalue weighted by Crippen LogP contribution is -2.29. The van der Waals surface area contributed by atoms with E-state index < -0.39 is 0 Å². The van der Waals surface area contributed by atoms with Crippen LogP contribution in [-0.2, 0) is 0 Å². The number of nitrogens with one attached hydrogen (secondary N) is 1. The van der Waals surface area contributed by atoms with Gasteiger partial charge in [-0.1, -0.05) is 30.8 Å². The Hall–Kier alpha value is -3.15. The molecule has 27 heavy (non-hydrogen) atoms. The van der Waals surface area contributed by atoms with Gasteiger partial charge in [0, 0.05) is 31.8 Å². The molecule has 0 unspecified atom stereocenters. The average Bonchev–Trinajstić information content (AvgIpc) is 2.72. The van der Waals surface area contributed by atoms with Crippen LogP contribution >= 0.6 is 0 Å². The topological polar surface area (TPSA) is 75.5 Å². The zero-order valence-electron chi connectivity index (χ0n) is 15.4. The molecule has 0 spiro atoms. The smallest absolute Gasteiger partial charge is 0.293 e. The van der Waals surface area contributed by atoms with Crippen molar-refractivity contribution in [3.63, 3.8) is 0 Å². The van der Waals surface area contributed by atoms with Crippen LogP contribution < -0.4 is 10.2 Å². The van der Waals surface area contributed by atoms with Crippen LogP contribution in [0.15, 0.2) is 49.0 Å². The summed E-state index contributed by atoms with van der Waals surface area (Å²) in [5.74, 6) is -0.216. The largest absolute Gasteiger partial charge is 0.366 e. The van der Waals surface area contributed by atoms with Crippen LogP contribution in [0, 0.1) is 10.1 Å². The van der Waals surface area contributed by atoms with Crippen molar-refractivity contribution in [2.75, 3.05) is 25.0 Å². The van der Waals surface area contributed by atoms with E-state index in [4.69, 9.17) is 0 Å². The quantitative estimate of drug-likeness (QED) is 0.642. The summed E-state index contributed by atoms with van der Waals surface area (Å²) in [6.07, 6.45) is 3.26. The molecule has 6 heteroatoms. The van der Waals surface area contributed by atoms with Crippen LogP contribution in [0.5, 0.6) is 0 Å². The molecule has 1 saturated heterocycles. The third-order valence-corrected chi connectivity index (χ3v) is 4.94. The molecule has 0 aliphatic carbocycles. The zero-order valence-corrected chi connectivity index (χ0v) is 15.4. The summed E-state index contributed by atoms with van der Waals surface area (Å²) >= 11 is 0. The molecule has 0 atom stereocenters. The number of nitro groups is 1. The zero-order chi connectivity index (χ0) is 19.4. The molecule has 6 nitrogen and oxygen atoms in total. The highest BCUT2D eigenvalue weighted by Gasteiger charge is 2.23. The van der Waals surface area contributed by atoms with Crippen LogP contribution in [0.3, 0.4) is 0 Å². The second-order valence-corrected chi connectivity index (χ2v) is 6.61. The first-order valence-corrected chi connectivity index (χ1v) is 9.07. The van der Waals surface area contributed by atoms with Gasteiger partial charge in [-0.3, -0.25) is 14.9 Å². The molecule has 3 rings (SSSR count). The Morgan fingerprint density at radius 1 is 1.11 bits per heavy atom. The highest BCUT2D eigenvalue weighted by Crippen LogP contribution is 2.35. The fourth-order valence-corrected chi connectivity index (χ4v) is 3.49. The molecule has 1 fully saturated rings. The third kappa shape index (κ3) is 3.84. The van der Waals surface area contributed by atoms with E-state index in [9.17, 15) is 14.9 Å². The third-order valence-electron chi connectivity index (χ3n) is 4.94. The maximum absolute atomic E-state index is 12.1. The number of nitrogens with zero attached hydrogens (tertiary/aromatic N) is 2. The number of amides is 1. The average molecular weight is 365 g/mol. The fraction of sp³-hybridized carbons (Fsp3) is 0.286. The monoisotopic (exact) mass is 365 g/mol. The van der Waals surface area contributed by atoms with Crippen molar-refractivity contribution >= 4 is 22.9 Å². The van der Waals surface area contributed by atoms with Gasteiger partial charge in [0.05, 0.1) is 4.92 Å². The van der Waals surface area contributed by atoms with Gasteiger partial charge >= 0.3 is 0 Å². The van der Waals surface area contributed by atoms with Gasteiger partial charge in [-0.2, -0.15) is 0 Å². The van der Waals surface area contributed by atoms with Crippen molar-refractivity contribution in [1.82, 2.24) is 5.32 Å². The lowest BCUT2D eigenvalue weighted by atomic mass is 9.94. The van der Waals surface area contributed by atoms with Gasteiger partial charge in [0.2, 0.25) is 0 Å². The molecule has 2 aromatic rings. The standard InChI is InChI=1S/C21H23N3O3/c1-15(17-8-4-5-9-18(17)21(25)22-2)16-10-11-19(20(14-16)24(26)27)23-12-6-3-7-13-23/h4-5,8-11,14H,1,3,6-7,12-13H2,2H3,(H,22,25). The van der Waals surface area contributed by atoms with Crippen LogP contribution in [-0.4, -0.2) is 31.0 Å². The summed E-state index contributed by atoms with van der Waals surface area (Å²) in [6.45, 7) is 5.77. The Kier molecular flexibility index (Phi) is 5.54. The number of rotatable bonds is 5. The second kappa shape index (κ2) is 8.03. The number of anilines is 1. The number of hydrogen-bond acceptors (Lipinski definition) is 4. The molecule has 140 valence electrons. The summed E-state index contributed by atoms with van der Waals surface area (Å²) in [5, 5.41) is 14.3. The number of benzene rings is 2. The fourth-order valence-electron chi connectivity index (χ4n) is 3.49. The normalized spacial score (nSPS) is 13.9. The van der Waals surface area contributed by atoms with Gasteiger partial charge in [0.15, 0.2) is 0 Å². The number of nitro benzene ring substituents is 1. The van der Waals surface area contributed by atoms with Crippen LogP contribution in [0.25, 0.3) is 5.57 Å². The van der Waals surface area contributed by atoms with Crippen molar-refractivity contribution in [3.8, 4) is 0 Å². The minimum atomic E-state index is -0.342. The molecule has 2 aromatic carbocycles. The summed E-state index contributed by atoms with van der Waals surface area (Å²) < 4.78 is 0. The van der Waals surface area contributed by atoms with E-state index >= 15 is 0 Å². The van der Waals surface area contributed by atoms with Gasteiger partial charge < -0.3 is 10.2 Å². The Morgan fingerprint density at radius 3 is 2.41 bits per heavy atom. The Morgan fingerprint density at radius 2 is 1.78 bits per heavy atom. The summed E-state index contributed by atoms with van der Waals surface area (Å²) in [4.78, 5) is 25.6. The van der Waals surface area contributed by atoms with Gasteiger partial charge in [-0.25, -0.2) is 0 Å². The van der Waals surface area contributed by atoms with Crippen molar-refractivity contribution < 1.29 is 9.72 Å². The lowest BCUT2D eigenvalue weighted by Gasteiger charge is -2.28. The van der Waals surface area contributed by atoms with Crippen molar-refractivity contribution in [2.45, 2.75) is 19.3 Å². The Labute approximate surface area is 158 Å². The first-order chi connectivity index (χ1) is 13.0. The molecule has 1 amide bonds. The van der Waals surface area contributed by atoms with E-state index in [1.165, 1.54) is 0 Å². The van der Waals surface area contributed by atoms with Crippen molar-refractivity contribution in [1.29, 1.82) is 0 Å².